The average Bonchev–Trinajstić information content (AvgIpc) is 2.93. The minimum Gasteiger partial charge on any atom is -0.296 e. The van der Waals surface area contributed by atoms with Crippen LogP contribution < -0.4 is 0 Å². The molecule has 0 aliphatic rings. The van der Waals surface area contributed by atoms with Crippen LogP contribution in [0.4, 0.5) is 4.39 Å². The number of aromatic nitrogens is 3. The molecule has 0 amide bonds. The van der Waals surface area contributed by atoms with Crippen molar-refractivity contribution in [1.29, 1.82) is 0 Å². The Labute approximate surface area is 127 Å². The first-order valence-electron chi connectivity index (χ1n) is 6.88. The molecule has 1 aromatic heterocycles. The number of hydrogen-bond acceptors (Lipinski definition) is 3. The lowest BCUT2D eigenvalue weighted by Gasteiger charge is -2.09. The summed E-state index contributed by atoms with van der Waals surface area (Å²) in [6.07, 6.45) is 0.704. The molecule has 0 bridgehead atoms. The number of aldehydes is 1. The van der Waals surface area contributed by atoms with Crippen molar-refractivity contribution in [1.82, 2.24) is 15.0 Å². The number of hydrogen-bond donors (Lipinski definition) is 0. The molecule has 0 saturated carbocycles. The lowest BCUT2D eigenvalue weighted by atomic mass is 10.0. The topological polar surface area (TPSA) is 47.8 Å². The summed E-state index contributed by atoms with van der Waals surface area (Å²) in [5.41, 5.74) is 3.82. The van der Waals surface area contributed by atoms with Crippen molar-refractivity contribution < 1.29 is 9.18 Å². The van der Waals surface area contributed by atoms with E-state index in [1.807, 2.05) is 31.2 Å². The van der Waals surface area contributed by atoms with Crippen molar-refractivity contribution in [2.45, 2.75) is 13.5 Å². The average molecular weight is 295 g/mol. The normalized spacial score (nSPS) is 10.6. The van der Waals surface area contributed by atoms with E-state index in [4.69, 9.17) is 0 Å². The summed E-state index contributed by atoms with van der Waals surface area (Å²) in [5, 5.41) is 8.00. The Kier molecular flexibility index (Phi) is 3.78. The van der Waals surface area contributed by atoms with Gasteiger partial charge in [-0.05, 0) is 30.2 Å². The van der Waals surface area contributed by atoms with E-state index in [1.54, 1.807) is 16.8 Å². The molecule has 0 radical (unpaired) electrons. The summed E-state index contributed by atoms with van der Waals surface area (Å²) in [6.45, 7) is 2.39. The first-order valence-corrected chi connectivity index (χ1v) is 6.88. The maximum atomic E-state index is 13.0. The molecule has 0 fully saturated rings. The number of carbonyl (C=O) groups is 1. The Morgan fingerprint density at radius 2 is 1.86 bits per heavy atom. The van der Waals surface area contributed by atoms with Crippen LogP contribution in [0.25, 0.3) is 11.3 Å². The number of benzene rings is 2. The molecule has 22 heavy (non-hydrogen) atoms. The van der Waals surface area contributed by atoms with Crippen molar-refractivity contribution in [3.05, 3.63) is 71.2 Å². The first-order chi connectivity index (χ1) is 10.7. The Morgan fingerprint density at radius 1 is 1.14 bits per heavy atom. The fraction of sp³-hybridized carbons (Fsp3) is 0.118. The number of rotatable bonds is 4. The van der Waals surface area contributed by atoms with Gasteiger partial charge in [0.2, 0.25) is 0 Å². The van der Waals surface area contributed by atoms with Gasteiger partial charge in [-0.25, -0.2) is 9.07 Å². The van der Waals surface area contributed by atoms with Gasteiger partial charge in [-0.1, -0.05) is 41.6 Å². The molecule has 3 rings (SSSR count). The molecule has 110 valence electrons. The van der Waals surface area contributed by atoms with Gasteiger partial charge >= 0.3 is 0 Å². The Morgan fingerprint density at radius 3 is 2.55 bits per heavy atom. The smallest absolute Gasteiger partial charge is 0.172 e. The highest BCUT2D eigenvalue weighted by Crippen LogP contribution is 2.25. The van der Waals surface area contributed by atoms with Gasteiger partial charge in [0, 0.05) is 5.56 Å². The zero-order valence-corrected chi connectivity index (χ0v) is 12.0. The molecule has 2 aromatic carbocycles. The molecule has 0 saturated heterocycles. The van der Waals surface area contributed by atoms with Crippen LogP contribution in [0.5, 0.6) is 0 Å². The minimum absolute atomic E-state index is 0.282. The van der Waals surface area contributed by atoms with Gasteiger partial charge in [0.25, 0.3) is 0 Å². The quantitative estimate of drug-likeness (QED) is 0.694. The van der Waals surface area contributed by atoms with E-state index in [1.165, 1.54) is 12.1 Å². The largest absolute Gasteiger partial charge is 0.296 e. The number of carbonyl (C=O) groups excluding carboxylic acids is 1. The Bertz CT molecular complexity index is 809. The first kappa shape index (κ1) is 14.1. The highest BCUT2D eigenvalue weighted by atomic mass is 19.1. The molecule has 1 heterocycles. The van der Waals surface area contributed by atoms with E-state index in [0.29, 0.717) is 24.2 Å². The maximum absolute atomic E-state index is 13.0. The SMILES string of the molecule is Cc1ccccc1-c1c(C=O)nnn1Cc1ccc(F)cc1. The molecule has 5 heteroatoms. The zero-order valence-electron chi connectivity index (χ0n) is 12.0. The van der Waals surface area contributed by atoms with Crippen molar-refractivity contribution in [2.24, 2.45) is 0 Å². The van der Waals surface area contributed by atoms with E-state index >= 15 is 0 Å². The van der Waals surface area contributed by atoms with Crippen LogP contribution in [0.15, 0.2) is 48.5 Å². The third kappa shape index (κ3) is 2.65. The molecular weight excluding hydrogens is 281 g/mol. The third-order valence-corrected chi connectivity index (χ3v) is 3.52. The van der Waals surface area contributed by atoms with Crippen LogP contribution >= 0.6 is 0 Å². The van der Waals surface area contributed by atoms with E-state index in [-0.39, 0.29) is 5.82 Å². The lowest BCUT2D eigenvalue weighted by molar-refractivity contribution is 0.111. The van der Waals surface area contributed by atoms with Crippen molar-refractivity contribution in [2.75, 3.05) is 0 Å². The second-order valence-corrected chi connectivity index (χ2v) is 5.04. The van der Waals surface area contributed by atoms with Gasteiger partial charge in [0.15, 0.2) is 12.0 Å². The fourth-order valence-electron chi connectivity index (χ4n) is 2.39. The number of nitrogens with zero attached hydrogens (tertiary/aromatic N) is 3. The molecule has 0 spiro atoms. The summed E-state index contributed by atoms with van der Waals surface area (Å²) in [6, 6.07) is 13.9. The monoisotopic (exact) mass is 295 g/mol. The lowest BCUT2D eigenvalue weighted by Crippen LogP contribution is -2.05. The van der Waals surface area contributed by atoms with Crippen molar-refractivity contribution in [3.8, 4) is 11.3 Å². The van der Waals surface area contributed by atoms with Crippen LogP contribution in [0.3, 0.4) is 0 Å². The summed E-state index contributed by atoms with van der Waals surface area (Å²) < 4.78 is 14.7. The predicted molar refractivity (Wildman–Crippen MR) is 81.1 cm³/mol. The fourth-order valence-corrected chi connectivity index (χ4v) is 2.39. The molecular formula is C17H14FN3O. The standard InChI is InChI=1S/C17H14FN3O/c1-12-4-2-3-5-15(12)17-16(11-22)19-20-21(17)10-13-6-8-14(18)9-7-13/h2-9,11H,10H2,1H3. The van der Waals surface area contributed by atoms with Gasteiger partial charge in [0.1, 0.15) is 5.82 Å². The predicted octanol–water partition coefficient (Wildman–Crippen LogP) is 3.25. The Balaban J connectivity index is 2.06. The van der Waals surface area contributed by atoms with E-state index < -0.39 is 0 Å². The molecule has 0 aliphatic heterocycles. The second kappa shape index (κ2) is 5.89. The van der Waals surface area contributed by atoms with Crippen LogP contribution in [0.2, 0.25) is 0 Å². The summed E-state index contributed by atoms with van der Waals surface area (Å²) in [7, 11) is 0. The molecule has 4 nitrogen and oxygen atoms in total. The Hall–Kier alpha value is -2.82. The van der Waals surface area contributed by atoms with Crippen molar-refractivity contribution >= 4 is 6.29 Å². The summed E-state index contributed by atoms with van der Waals surface area (Å²) in [5.74, 6) is -0.282. The summed E-state index contributed by atoms with van der Waals surface area (Å²) >= 11 is 0. The zero-order chi connectivity index (χ0) is 15.5. The van der Waals surface area contributed by atoms with Crippen LogP contribution in [-0.4, -0.2) is 21.3 Å². The molecule has 0 unspecified atom stereocenters. The van der Waals surface area contributed by atoms with Gasteiger partial charge in [-0.15, -0.1) is 5.10 Å². The minimum atomic E-state index is -0.282. The molecule has 0 atom stereocenters. The molecule has 0 aliphatic carbocycles. The van der Waals surface area contributed by atoms with Crippen molar-refractivity contribution in [3.63, 3.8) is 0 Å². The number of halogens is 1. The molecule has 3 aromatic rings. The van der Waals surface area contributed by atoms with Gasteiger partial charge in [0.05, 0.1) is 12.2 Å². The summed E-state index contributed by atoms with van der Waals surface area (Å²) in [4.78, 5) is 11.3. The van der Waals surface area contributed by atoms with Gasteiger partial charge in [-0.3, -0.25) is 4.79 Å². The second-order valence-electron chi connectivity index (χ2n) is 5.04. The third-order valence-electron chi connectivity index (χ3n) is 3.52. The van der Waals surface area contributed by atoms with E-state index in [9.17, 15) is 9.18 Å². The maximum Gasteiger partial charge on any atom is 0.172 e. The van der Waals surface area contributed by atoms with Crippen LogP contribution in [0.1, 0.15) is 21.6 Å². The van der Waals surface area contributed by atoms with E-state index in [0.717, 1.165) is 16.7 Å². The molecule has 0 N–H and O–H groups in total. The van der Waals surface area contributed by atoms with Gasteiger partial charge < -0.3 is 0 Å². The van der Waals surface area contributed by atoms with Crippen LogP contribution in [0, 0.1) is 12.7 Å². The van der Waals surface area contributed by atoms with E-state index in [2.05, 4.69) is 10.3 Å². The number of aryl methyl sites for hydroxylation is 1. The van der Waals surface area contributed by atoms with Gasteiger partial charge in [-0.2, -0.15) is 0 Å². The highest BCUT2D eigenvalue weighted by molar-refractivity contribution is 5.84. The highest BCUT2D eigenvalue weighted by Gasteiger charge is 2.16. The van der Waals surface area contributed by atoms with Crippen LogP contribution in [-0.2, 0) is 6.54 Å².